The highest BCUT2D eigenvalue weighted by molar-refractivity contribution is 4.99. The third kappa shape index (κ3) is 2.36. The predicted molar refractivity (Wildman–Crippen MR) is 63.1 cm³/mol. The van der Waals surface area contributed by atoms with Gasteiger partial charge in [0.2, 0.25) is 0 Å². The molecule has 15 heavy (non-hydrogen) atoms. The van der Waals surface area contributed by atoms with Gasteiger partial charge in [-0.15, -0.1) is 0 Å². The molecule has 1 N–H and O–H groups in total. The molecule has 1 heterocycles. The highest BCUT2D eigenvalue weighted by Crippen LogP contribution is 2.34. The minimum Gasteiger partial charge on any atom is -0.375 e. The summed E-state index contributed by atoms with van der Waals surface area (Å²) in [5, 5.41) is 3.89. The number of ether oxygens (including phenoxy) is 1. The van der Waals surface area contributed by atoms with Crippen LogP contribution in [-0.2, 0) is 4.74 Å². The van der Waals surface area contributed by atoms with Crippen LogP contribution in [-0.4, -0.2) is 24.3 Å². The van der Waals surface area contributed by atoms with Crippen LogP contribution in [0.4, 0.5) is 0 Å². The van der Waals surface area contributed by atoms with E-state index in [0.29, 0.717) is 17.7 Å². The molecular weight excluding hydrogens is 186 g/mol. The second-order valence-electron chi connectivity index (χ2n) is 5.28. The Morgan fingerprint density at radius 2 is 2.00 bits per heavy atom. The topological polar surface area (TPSA) is 21.3 Å². The van der Waals surface area contributed by atoms with E-state index >= 15 is 0 Å². The van der Waals surface area contributed by atoms with Crippen molar-refractivity contribution in [3.05, 3.63) is 0 Å². The third-order valence-electron chi connectivity index (χ3n) is 4.09. The summed E-state index contributed by atoms with van der Waals surface area (Å²) in [5.74, 6) is 0. The van der Waals surface area contributed by atoms with E-state index in [1.54, 1.807) is 0 Å². The van der Waals surface area contributed by atoms with Crippen molar-refractivity contribution in [2.45, 2.75) is 76.5 Å². The lowest BCUT2D eigenvalue weighted by atomic mass is 9.91. The fourth-order valence-electron chi connectivity index (χ4n) is 3.19. The quantitative estimate of drug-likeness (QED) is 0.775. The molecule has 0 aromatic carbocycles. The molecule has 0 radical (unpaired) electrons. The van der Waals surface area contributed by atoms with E-state index in [1.165, 1.54) is 44.9 Å². The normalized spacial score (nSPS) is 34.8. The van der Waals surface area contributed by atoms with E-state index in [4.69, 9.17) is 4.74 Å². The lowest BCUT2D eigenvalue weighted by molar-refractivity contribution is -0.0653. The Kier molecular flexibility index (Phi) is 3.68. The molecule has 0 aromatic rings. The first-order valence-electron chi connectivity index (χ1n) is 6.69. The van der Waals surface area contributed by atoms with E-state index in [9.17, 15) is 0 Å². The minimum atomic E-state index is 0.352. The van der Waals surface area contributed by atoms with E-state index in [-0.39, 0.29) is 0 Å². The van der Waals surface area contributed by atoms with Gasteiger partial charge in [-0.2, -0.15) is 0 Å². The molecule has 0 aromatic heterocycles. The van der Waals surface area contributed by atoms with Crippen LogP contribution >= 0.6 is 0 Å². The van der Waals surface area contributed by atoms with Gasteiger partial charge in [0.25, 0.3) is 0 Å². The van der Waals surface area contributed by atoms with E-state index in [0.717, 1.165) is 6.61 Å². The summed E-state index contributed by atoms with van der Waals surface area (Å²) in [6, 6.07) is 0.594. The summed E-state index contributed by atoms with van der Waals surface area (Å²) < 4.78 is 6.10. The number of morpholine rings is 1. The lowest BCUT2D eigenvalue weighted by Gasteiger charge is -2.44. The Morgan fingerprint density at radius 3 is 2.60 bits per heavy atom. The van der Waals surface area contributed by atoms with Gasteiger partial charge in [0, 0.05) is 11.6 Å². The Bertz CT molecular complexity index is 199. The average molecular weight is 211 g/mol. The van der Waals surface area contributed by atoms with Gasteiger partial charge in [0.05, 0.1) is 12.7 Å². The molecule has 2 unspecified atom stereocenters. The van der Waals surface area contributed by atoms with Crippen molar-refractivity contribution in [2.75, 3.05) is 6.61 Å². The molecule has 1 saturated carbocycles. The first kappa shape index (κ1) is 11.4. The molecule has 1 saturated heterocycles. The van der Waals surface area contributed by atoms with Crippen LogP contribution in [0.1, 0.15) is 58.8 Å². The molecular formula is C13H25NO. The van der Waals surface area contributed by atoms with Crippen LogP contribution in [0.5, 0.6) is 0 Å². The smallest absolute Gasteiger partial charge is 0.0728 e. The molecule has 2 rings (SSSR count). The third-order valence-corrected chi connectivity index (χ3v) is 4.09. The lowest BCUT2D eigenvalue weighted by Crippen LogP contribution is -2.61. The van der Waals surface area contributed by atoms with Crippen LogP contribution in [0, 0.1) is 0 Å². The second-order valence-corrected chi connectivity index (χ2v) is 5.28. The van der Waals surface area contributed by atoms with Crippen LogP contribution in [0.15, 0.2) is 0 Å². The van der Waals surface area contributed by atoms with E-state index in [1.807, 2.05) is 0 Å². The van der Waals surface area contributed by atoms with Crippen molar-refractivity contribution in [1.82, 2.24) is 5.32 Å². The van der Waals surface area contributed by atoms with Gasteiger partial charge >= 0.3 is 0 Å². The molecule has 1 spiro atoms. The SMILES string of the molecule is CCCC1OCC2(CCCC2)NC1CC. The highest BCUT2D eigenvalue weighted by Gasteiger charge is 2.41. The summed E-state index contributed by atoms with van der Waals surface area (Å²) in [6.07, 6.45) is 9.51. The summed E-state index contributed by atoms with van der Waals surface area (Å²) in [5.41, 5.74) is 0.352. The van der Waals surface area contributed by atoms with Crippen LogP contribution in [0.3, 0.4) is 0 Å². The Morgan fingerprint density at radius 1 is 1.27 bits per heavy atom. The van der Waals surface area contributed by atoms with Gasteiger partial charge in [-0.1, -0.05) is 33.1 Å². The molecule has 88 valence electrons. The molecule has 2 fully saturated rings. The standard InChI is InChI=1S/C13H25NO/c1-3-7-12-11(4-2)14-13(10-15-12)8-5-6-9-13/h11-12,14H,3-10H2,1-2H3. The fourth-order valence-corrected chi connectivity index (χ4v) is 3.19. The molecule has 0 bridgehead atoms. The molecule has 0 amide bonds. The van der Waals surface area contributed by atoms with Crippen molar-refractivity contribution in [1.29, 1.82) is 0 Å². The number of hydrogen-bond acceptors (Lipinski definition) is 2. The Labute approximate surface area is 93.8 Å². The summed E-state index contributed by atoms with van der Waals surface area (Å²) in [7, 11) is 0. The second kappa shape index (κ2) is 4.84. The maximum atomic E-state index is 6.10. The maximum Gasteiger partial charge on any atom is 0.0728 e. The van der Waals surface area contributed by atoms with E-state index in [2.05, 4.69) is 19.2 Å². The van der Waals surface area contributed by atoms with Crippen molar-refractivity contribution < 1.29 is 4.74 Å². The molecule has 2 atom stereocenters. The monoisotopic (exact) mass is 211 g/mol. The van der Waals surface area contributed by atoms with Gasteiger partial charge in [0.15, 0.2) is 0 Å². The number of nitrogens with one attached hydrogen (secondary N) is 1. The van der Waals surface area contributed by atoms with Gasteiger partial charge in [-0.25, -0.2) is 0 Å². The van der Waals surface area contributed by atoms with E-state index < -0.39 is 0 Å². The zero-order valence-corrected chi connectivity index (χ0v) is 10.2. The molecule has 2 heteroatoms. The van der Waals surface area contributed by atoms with Gasteiger partial charge < -0.3 is 10.1 Å². The highest BCUT2D eigenvalue weighted by atomic mass is 16.5. The molecule has 1 aliphatic carbocycles. The minimum absolute atomic E-state index is 0.352. The van der Waals surface area contributed by atoms with Crippen molar-refractivity contribution in [3.8, 4) is 0 Å². The predicted octanol–water partition coefficient (Wildman–Crippen LogP) is 2.87. The first-order valence-corrected chi connectivity index (χ1v) is 6.69. The Balaban J connectivity index is 1.96. The number of hydrogen-bond donors (Lipinski definition) is 1. The van der Waals surface area contributed by atoms with Crippen molar-refractivity contribution in [2.24, 2.45) is 0 Å². The molecule has 2 nitrogen and oxygen atoms in total. The van der Waals surface area contributed by atoms with Crippen LogP contribution < -0.4 is 5.32 Å². The summed E-state index contributed by atoms with van der Waals surface area (Å²) in [4.78, 5) is 0. The maximum absolute atomic E-state index is 6.10. The zero-order chi connectivity index (χ0) is 10.7. The average Bonchev–Trinajstić information content (AvgIpc) is 2.70. The van der Waals surface area contributed by atoms with Crippen LogP contribution in [0.25, 0.3) is 0 Å². The van der Waals surface area contributed by atoms with Gasteiger partial charge in [0.1, 0.15) is 0 Å². The van der Waals surface area contributed by atoms with Gasteiger partial charge in [-0.3, -0.25) is 0 Å². The number of rotatable bonds is 3. The molecule has 1 aliphatic heterocycles. The van der Waals surface area contributed by atoms with Crippen LogP contribution in [0.2, 0.25) is 0 Å². The largest absolute Gasteiger partial charge is 0.375 e. The van der Waals surface area contributed by atoms with Crippen molar-refractivity contribution >= 4 is 0 Å². The zero-order valence-electron chi connectivity index (χ0n) is 10.2. The summed E-state index contributed by atoms with van der Waals surface area (Å²) >= 11 is 0. The van der Waals surface area contributed by atoms with Crippen molar-refractivity contribution in [3.63, 3.8) is 0 Å². The summed E-state index contributed by atoms with van der Waals surface area (Å²) in [6.45, 7) is 5.47. The fraction of sp³-hybridized carbons (Fsp3) is 1.00. The Hall–Kier alpha value is -0.0800. The first-order chi connectivity index (χ1) is 7.29. The molecule has 2 aliphatic rings. The van der Waals surface area contributed by atoms with Gasteiger partial charge in [-0.05, 0) is 25.7 Å².